The second-order valence-electron chi connectivity index (χ2n) is 4.38. The van der Waals surface area contributed by atoms with Gasteiger partial charge in [0.1, 0.15) is 5.75 Å². The minimum absolute atomic E-state index is 0.182. The molecule has 1 rings (SSSR count). The Morgan fingerprint density at radius 1 is 0.812 bits per heavy atom. The average molecular weight is 222 g/mol. The third-order valence-corrected chi connectivity index (χ3v) is 3.48. The third-order valence-electron chi connectivity index (χ3n) is 3.48. The predicted octanol–water partition coefficient (Wildman–Crippen LogP) is 2.99. The van der Waals surface area contributed by atoms with Gasteiger partial charge in [-0.3, -0.25) is 0 Å². The average Bonchev–Trinajstić information content (AvgIpc) is 2.28. The molecule has 0 aliphatic rings. The first-order chi connectivity index (χ1) is 7.50. The molecule has 0 heterocycles. The Hall–Kier alpha value is -1.02. The minimum Gasteiger partial charge on any atom is -0.493 e. The highest BCUT2D eigenvalue weighted by atomic mass is 16.5. The van der Waals surface area contributed by atoms with Crippen molar-refractivity contribution in [1.82, 2.24) is 0 Å². The first kappa shape index (κ1) is 13.0. The number of ether oxygens (including phenoxy) is 1. The molecule has 0 saturated carbocycles. The van der Waals surface area contributed by atoms with Crippen molar-refractivity contribution < 1.29 is 9.84 Å². The first-order valence-corrected chi connectivity index (χ1v) is 5.81. The van der Waals surface area contributed by atoms with Gasteiger partial charge in [0.2, 0.25) is 0 Å². The molecule has 1 N–H and O–H groups in total. The monoisotopic (exact) mass is 222 g/mol. The van der Waals surface area contributed by atoms with Crippen LogP contribution < -0.4 is 4.74 Å². The second kappa shape index (κ2) is 5.35. The molecule has 1 aromatic carbocycles. The van der Waals surface area contributed by atoms with Crippen LogP contribution in [0.4, 0.5) is 0 Å². The normalized spacial score (nSPS) is 10.6. The van der Waals surface area contributed by atoms with Crippen LogP contribution in [-0.2, 0) is 0 Å². The van der Waals surface area contributed by atoms with E-state index in [2.05, 4.69) is 34.6 Å². The van der Waals surface area contributed by atoms with E-state index < -0.39 is 0 Å². The van der Waals surface area contributed by atoms with Crippen LogP contribution >= 0.6 is 0 Å². The van der Waals surface area contributed by atoms with Crippen molar-refractivity contribution in [3.05, 3.63) is 27.8 Å². The molecule has 0 radical (unpaired) electrons. The second-order valence-corrected chi connectivity index (χ2v) is 4.38. The molecule has 0 spiro atoms. The fraction of sp³-hybridized carbons (Fsp3) is 0.571. The van der Waals surface area contributed by atoms with Gasteiger partial charge in [-0.25, -0.2) is 0 Å². The summed E-state index contributed by atoms with van der Waals surface area (Å²) in [6, 6.07) is 0. The highest BCUT2D eigenvalue weighted by Crippen LogP contribution is 2.32. The van der Waals surface area contributed by atoms with E-state index in [-0.39, 0.29) is 6.61 Å². The van der Waals surface area contributed by atoms with Crippen LogP contribution in [0.3, 0.4) is 0 Å². The van der Waals surface area contributed by atoms with Gasteiger partial charge in [0, 0.05) is 13.0 Å². The molecule has 2 heteroatoms. The van der Waals surface area contributed by atoms with Crippen molar-refractivity contribution >= 4 is 0 Å². The predicted molar refractivity (Wildman–Crippen MR) is 67.3 cm³/mol. The van der Waals surface area contributed by atoms with Crippen LogP contribution in [0.2, 0.25) is 0 Å². The van der Waals surface area contributed by atoms with Crippen LogP contribution in [0.5, 0.6) is 5.75 Å². The van der Waals surface area contributed by atoms with Gasteiger partial charge >= 0.3 is 0 Å². The third kappa shape index (κ3) is 2.38. The van der Waals surface area contributed by atoms with Crippen LogP contribution in [0, 0.1) is 34.6 Å². The Morgan fingerprint density at radius 3 is 1.69 bits per heavy atom. The van der Waals surface area contributed by atoms with Crippen LogP contribution in [0.15, 0.2) is 0 Å². The zero-order chi connectivity index (χ0) is 12.3. The maximum absolute atomic E-state index is 8.76. The van der Waals surface area contributed by atoms with E-state index in [0.717, 1.165) is 5.75 Å². The lowest BCUT2D eigenvalue weighted by molar-refractivity contribution is 0.232. The molecule has 0 fully saturated rings. The van der Waals surface area contributed by atoms with E-state index in [1.54, 1.807) is 0 Å². The van der Waals surface area contributed by atoms with E-state index in [1.807, 2.05) is 0 Å². The standard InChI is InChI=1S/C14H22O2/c1-9-10(2)12(4)14(13(5)11(9)3)16-8-6-7-15/h15H,6-8H2,1-5H3. The molecule has 0 aromatic heterocycles. The maximum Gasteiger partial charge on any atom is 0.125 e. The van der Waals surface area contributed by atoms with Crippen molar-refractivity contribution in [1.29, 1.82) is 0 Å². The van der Waals surface area contributed by atoms with Gasteiger partial charge < -0.3 is 9.84 Å². The maximum atomic E-state index is 8.76. The number of hydrogen-bond donors (Lipinski definition) is 1. The van der Waals surface area contributed by atoms with Gasteiger partial charge in [-0.05, 0) is 62.4 Å². The van der Waals surface area contributed by atoms with E-state index in [9.17, 15) is 0 Å². The smallest absolute Gasteiger partial charge is 0.125 e. The fourth-order valence-corrected chi connectivity index (χ4v) is 1.92. The van der Waals surface area contributed by atoms with Crippen LogP contribution in [0.25, 0.3) is 0 Å². The molecule has 0 amide bonds. The van der Waals surface area contributed by atoms with Crippen molar-refractivity contribution in [2.45, 2.75) is 41.0 Å². The molecule has 0 atom stereocenters. The fourth-order valence-electron chi connectivity index (χ4n) is 1.92. The Labute approximate surface area is 98.3 Å². The summed E-state index contributed by atoms with van der Waals surface area (Å²) in [5.41, 5.74) is 6.41. The Kier molecular flexibility index (Phi) is 4.36. The topological polar surface area (TPSA) is 29.5 Å². The zero-order valence-corrected chi connectivity index (χ0v) is 11.0. The van der Waals surface area contributed by atoms with Gasteiger partial charge in [-0.15, -0.1) is 0 Å². The van der Waals surface area contributed by atoms with Gasteiger partial charge in [0.15, 0.2) is 0 Å². The van der Waals surface area contributed by atoms with E-state index in [0.29, 0.717) is 13.0 Å². The highest BCUT2D eigenvalue weighted by molar-refractivity contribution is 5.53. The molecular formula is C14H22O2. The zero-order valence-electron chi connectivity index (χ0n) is 11.0. The van der Waals surface area contributed by atoms with Gasteiger partial charge in [0.25, 0.3) is 0 Å². The van der Waals surface area contributed by atoms with Gasteiger partial charge in [-0.1, -0.05) is 0 Å². The van der Waals surface area contributed by atoms with Crippen LogP contribution in [-0.4, -0.2) is 18.3 Å². The minimum atomic E-state index is 0.182. The van der Waals surface area contributed by atoms with E-state index in [4.69, 9.17) is 9.84 Å². The Morgan fingerprint density at radius 2 is 1.25 bits per heavy atom. The highest BCUT2D eigenvalue weighted by Gasteiger charge is 2.12. The lowest BCUT2D eigenvalue weighted by Gasteiger charge is -2.18. The summed E-state index contributed by atoms with van der Waals surface area (Å²) in [7, 11) is 0. The quantitative estimate of drug-likeness (QED) is 0.794. The Bertz CT molecular complexity index is 352. The van der Waals surface area contributed by atoms with Crippen molar-refractivity contribution in [3.8, 4) is 5.75 Å². The lowest BCUT2D eigenvalue weighted by Crippen LogP contribution is -2.06. The molecule has 90 valence electrons. The molecule has 16 heavy (non-hydrogen) atoms. The molecule has 0 bridgehead atoms. The number of aliphatic hydroxyl groups excluding tert-OH is 1. The molecule has 1 aromatic rings. The van der Waals surface area contributed by atoms with E-state index in [1.165, 1.54) is 27.8 Å². The van der Waals surface area contributed by atoms with Crippen molar-refractivity contribution in [3.63, 3.8) is 0 Å². The number of aliphatic hydroxyl groups is 1. The largest absolute Gasteiger partial charge is 0.493 e. The molecule has 0 aliphatic heterocycles. The molecule has 0 unspecified atom stereocenters. The van der Waals surface area contributed by atoms with E-state index >= 15 is 0 Å². The summed E-state index contributed by atoms with van der Waals surface area (Å²) >= 11 is 0. The molecule has 2 nitrogen and oxygen atoms in total. The summed E-state index contributed by atoms with van der Waals surface area (Å²) in [4.78, 5) is 0. The molecule has 0 saturated heterocycles. The number of benzene rings is 1. The first-order valence-electron chi connectivity index (χ1n) is 5.81. The Balaban J connectivity index is 3.08. The number of hydrogen-bond acceptors (Lipinski definition) is 2. The molecular weight excluding hydrogens is 200 g/mol. The SMILES string of the molecule is Cc1c(C)c(C)c(OCCCO)c(C)c1C. The summed E-state index contributed by atoms with van der Waals surface area (Å²) in [5, 5.41) is 8.76. The van der Waals surface area contributed by atoms with Crippen molar-refractivity contribution in [2.75, 3.05) is 13.2 Å². The van der Waals surface area contributed by atoms with Crippen molar-refractivity contribution in [2.24, 2.45) is 0 Å². The van der Waals surface area contributed by atoms with Gasteiger partial charge in [0.05, 0.1) is 6.61 Å². The summed E-state index contributed by atoms with van der Waals surface area (Å²) in [6.45, 7) is 11.4. The lowest BCUT2D eigenvalue weighted by atomic mass is 9.94. The summed E-state index contributed by atoms with van der Waals surface area (Å²) in [5.74, 6) is 0.994. The summed E-state index contributed by atoms with van der Waals surface area (Å²) in [6.07, 6.45) is 0.685. The van der Waals surface area contributed by atoms with Crippen LogP contribution in [0.1, 0.15) is 34.2 Å². The molecule has 0 aliphatic carbocycles. The van der Waals surface area contributed by atoms with Gasteiger partial charge in [-0.2, -0.15) is 0 Å². The number of rotatable bonds is 4. The summed E-state index contributed by atoms with van der Waals surface area (Å²) < 4.78 is 5.76.